The van der Waals surface area contributed by atoms with Gasteiger partial charge in [-0.3, -0.25) is 14.4 Å². The molecule has 1 unspecified atom stereocenters. The summed E-state index contributed by atoms with van der Waals surface area (Å²) in [6.45, 7) is 6.10. The van der Waals surface area contributed by atoms with E-state index < -0.39 is 42.0 Å². The fourth-order valence-corrected chi connectivity index (χ4v) is 8.02. The lowest BCUT2D eigenvalue weighted by atomic mass is 9.99. The van der Waals surface area contributed by atoms with E-state index in [2.05, 4.69) is 39.0 Å². The van der Waals surface area contributed by atoms with Gasteiger partial charge in [-0.2, -0.15) is 0 Å². The minimum atomic E-state index is -1.05. The molecule has 61 heavy (non-hydrogen) atoms. The first kappa shape index (κ1) is 58.6. The Bertz CT molecular complexity index is 1160. The molecule has 0 fully saturated rings. The quantitative estimate of drug-likeness (QED) is 0.0201. The molecule has 0 aliphatic heterocycles. The van der Waals surface area contributed by atoms with Crippen LogP contribution in [0.3, 0.4) is 0 Å². The highest BCUT2D eigenvalue weighted by Crippen LogP contribution is 2.22. The topological polar surface area (TPSA) is 156 Å². The minimum Gasteiger partial charge on any atom is -0.481 e. The summed E-state index contributed by atoms with van der Waals surface area (Å²) in [6.07, 6.45) is 46.2. The summed E-state index contributed by atoms with van der Waals surface area (Å²) in [5.74, 6) is -1.03. The Labute approximate surface area is 377 Å². The normalized spacial score (nSPS) is 14.6. The molecule has 0 aromatic heterocycles. The van der Waals surface area contributed by atoms with Gasteiger partial charge in [0, 0.05) is 23.8 Å². The van der Waals surface area contributed by atoms with Crippen LogP contribution in [-0.2, 0) is 23.9 Å². The number of aliphatic carboxylic acids is 1. The molecule has 0 aromatic rings. The number of aliphatic hydroxyl groups is 2. The predicted molar refractivity (Wildman–Crippen MR) is 257 cm³/mol. The minimum absolute atomic E-state index is 0.0474. The van der Waals surface area contributed by atoms with Gasteiger partial charge in [-0.15, -0.1) is 11.8 Å². The molecule has 0 saturated carbocycles. The van der Waals surface area contributed by atoms with Gasteiger partial charge in [-0.05, 0) is 44.4 Å². The third kappa shape index (κ3) is 40.1. The van der Waals surface area contributed by atoms with E-state index in [9.17, 15) is 24.6 Å². The van der Waals surface area contributed by atoms with Crippen LogP contribution in [0.5, 0.6) is 0 Å². The number of carbonyl (C=O) groups excluding carboxylic acids is 2. The zero-order valence-electron chi connectivity index (χ0n) is 39.0. The fourth-order valence-electron chi connectivity index (χ4n) is 6.90. The van der Waals surface area contributed by atoms with Crippen molar-refractivity contribution in [3.63, 3.8) is 0 Å². The van der Waals surface area contributed by atoms with Crippen molar-refractivity contribution >= 4 is 29.7 Å². The third-order valence-corrected chi connectivity index (χ3v) is 12.6. The van der Waals surface area contributed by atoms with Crippen LogP contribution < -0.4 is 5.73 Å². The van der Waals surface area contributed by atoms with Gasteiger partial charge >= 0.3 is 17.9 Å². The van der Waals surface area contributed by atoms with E-state index in [1.165, 1.54) is 140 Å². The number of hydrogen-bond acceptors (Lipinski definition) is 9. The van der Waals surface area contributed by atoms with Crippen LogP contribution in [0.1, 0.15) is 207 Å². The van der Waals surface area contributed by atoms with Gasteiger partial charge in [0.05, 0.1) is 12.7 Å². The largest absolute Gasteiger partial charge is 0.481 e. The summed E-state index contributed by atoms with van der Waals surface area (Å²) in [7, 11) is 0. The second-order valence-electron chi connectivity index (χ2n) is 17.0. The summed E-state index contributed by atoms with van der Waals surface area (Å²) >= 11 is 1.27. The summed E-state index contributed by atoms with van der Waals surface area (Å²) in [5, 5.41) is 29.2. The number of carboxylic acids is 1. The van der Waals surface area contributed by atoms with Gasteiger partial charge in [-0.1, -0.05) is 204 Å². The highest BCUT2D eigenvalue weighted by Gasteiger charge is 2.24. The zero-order valence-corrected chi connectivity index (χ0v) is 39.8. The van der Waals surface area contributed by atoms with Crippen LogP contribution >= 0.6 is 11.8 Å². The fraction of sp³-hybridized carbons (Fsp3) is 0.784. The number of carbonyl (C=O) groups is 3. The van der Waals surface area contributed by atoms with Crippen molar-refractivity contribution in [1.29, 1.82) is 0 Å². The van der Waals surface area contributed by atoms with Crippen molar-refractivity contribution < 1.29 is 39.2 Å². The molecule has 5 N–H and O–H groups in total. The second-order valence-corrected chi connectivity index (χ2v) is 18.2. The summed E-state index contributed by atoms with van der Waals surface area (Å²) < 4.78 is 10.6. The maximum Gasteiger partial charge on any atom is 0.324 e. The first-order valence-corrected chi connectivity index (χ1v) is 25.6. The van der Waals surface area contributed by atoms with Crippen LogP contribution in [0.15, 0.2) is 48.6 Å². The second kappa shape index (κ2) is 44.2. The van der Waals surface area contributed by atoms with Crippen LogP contribution in [0.25, 0.3) is 0 Å². The number of hydrogen-bond donors (Lipinski definition) is 4. The van der Waals surface area contributed by atoms with Crippen molar-refractivity contribution in [3.05, 3.63) is 48.6 Å². The Morgan fingerprint density at radius 3 is 1.80 bits per heavy atom. The smallest absolute Gasteiger partial charge is 0.324 e. The molecule has 0 spiro atoms. The van der Waals surface area contributed by atoms with E-state index in [1.54, 1.807) is 0 Å². The number of nitrogens with two attached hydrogens (primary N) is 1. The predicted octanol–water partition coefficient (Wildman–Crippen LogP) is 12.5. The number of unbranched alkanes of at least 4 members (excludes halogenated alkanes) is 20. The van der Waals surface area contributed by atoms with Crippen molar-refractivity contribution in [2.75, 3.05) is 19.0 Å². The molecule has 10 heteroatoms. The molecule has 354 valence electrons. The van der Waals surface area contributed by atoms with E-state index in [1.807, 2.05) is 30.4 Å². The number of carboxylic acid groups (broad SMARTS) is 1. The number of esters is 2. The molecular formula is C51H91NO8S. The molecule has 0 aliphatic rings. The summed E-state index contributed by atoms with van der Waals surface area (Å²) in [4.78, 5) is 36.1. The first-order valence-electron chi connectivity index (χ1n) is 24.5. The van der Waals surface area contributed by atoms with Gasteiger partial charge in [0.2, 0.25) is 0 Å². The molecule has 0 rings (SSSR count). The third-order valence-electron chi connectivity index (χ3n) is 11.2. The van der Waals surface area contributed by atoms with Crippen molar-refractivity contribution in [2.45, 2.75) is 230 Å². The van der Waals surface area contributed by atoms with Gasteiger partial charge in [0.15, 0.2) is 6.10 Å². The van der Waals surface area contributed by atoms with E-state index in [0.717, 1.165) is 38.0 Å². The average molecular weight is 878 g/mol. The zero-order chi connectivity index (χ0) is 45.0. The van der Waals surface area contributed by atoms with Crippen LogP contribution in [-0.4, -0.2) is 75.7 Å². The molecular weight excluding hydrogens is 787 g/mol. The Balaban J connectivity index is 4.23. The lowest BCUT2D eigenvalue weighted by Gasteiger charge is -2.22. The molecule has 0 aromatic carbocycles. The van der Waals surface area contributed by atoms with Gasteiger partial charge in [-0.25, -0.2) is 0 Å². The number of thioether (sulfide) groups is 1. The van der Waals surface area contributed by atoms with E-state index in [4.69, 9.17) is 20.3 Å². The van der Waals surface area contributed by atoms with Crippen LogP contribution in [0.4, 0.5) is 0 Å². The number of aliphatic hydroxyl groups excluding tert-OH is 2. The van der Waals surface area contributed by atoms with E-state index >= 15 is 0 Å². The van der Waals surface area contributed by atoms with Crippen molar-refractivity contribution in [2.24, 2.45) is 11.7 Å². The molecule has 5 atom stereocenters. The monoisotopic (exact) mass is 878 g/mol. The Morgan fingerprint density at radius 2 is 1.25 bits per heavy atom. The molecule has 0 bridgehead atoms. The molecule has 0 heterocycles. The molecule has 9 nitrogen and oxygen atoms in total. The van der Waals surface area contributed by atoms with Crippen LogP contribution in [0, 0.1) is 5.92 Å². The van der Waals surface area contributed by atoms with Gasteiger partial charge < -0.3 is 30.5 Å². The lowest BCUT2D eigenvalue weighted by Crippen LogP contribution is -2.40. The Kier molecular flexibility index (Phi) is 42.5. The maximum atomic E-state index is 12.8. The van der Waals surface area contributed by atoms with Gasteiger partial charge in [0.25, 0.3) is 0 Å². The highest BCUT2D eigenvalue weighted by molar-refractivity contribution is 8.00. The Hall–Kier alpha value is -2.40. The van der Waals surface area contributed by atoms with Crippen molar-refractivity contribution in [1.82, 2.24) is 0 Å². The van der Waals surface area contributed by atoms with E-state index in [-0.39, 0.29) is 37.6 Å². The standard InChI is InChI=1S/C51H91NO8S/c1-4-6-7-8-9-10-11-21-24-27-30-33-38-48(47(54)37-35-39-49(55)56)61-43-46(52)51(58)60-45(41-53)42-59-50(57)40-34-31-28-25-22-19-17-15-13-12-14-16-18-20-23-26-29-32-36-44(3)5-2/h9-10,21,24,27,30,33,38,44-48,53-54H,4-8,11-20,22-23,25-26,28-29,31-32,34-37,39-43,52H2,1-3H3,(H,55,56)/b10-9-,24-21-,30-27+,38-33+/t44?,45-,46-,47-,48+/m0/s1. The highest BCUT2D eigenvalue weighted by atomic mass is 32.2. The Morgan fingerprint density at radius 1 is 0.672 bits per heavy atom. The number of ether oxygens (including phenoxy) is 2. The average Bonchev–Trinajstić information content (AvgIpc) is 3.25. The van der Waals surface area contributed by atoms with E-state index in [0.29, 0.717) is 6.42 Å². The molecule has 0 aliphatic carbocycles. The molecule has 0 saturated heterocycles. The molecule has 0 amide bonds. The number of allylic oxidation sites excluding steroid dienone is 7. The first-order chi connectivity index (χ1) is 29.6. The maximum absolute atomic E-state index is 12.8. The van der Waals surface area contributed by atoms with Crippen LogP contribution in [0.2, 0.25) is 0 Å². The number of rotatable bonds is 44. The van der Waals surface area contributed by atoms with Crippen molar-refractivity contribution in [3.8, 4) is 0 Å². The summed E-state index contributed by atoms with van der Waals surface area (Å²) in [5.41, 5.74) is 6.13. The molecule has 0 radical (unpaired) electrons. The SMILES string of the molecule is CCCCC/C=C\C\C=C/C=C/C=C/[C@@H](SC[C@H](N)C(=O)O[C@@H](CO)COC(=O)CCCCCCCCCCCCCCCCCCCCC(C)CC)[C@@H](O)CCCC(=O)O. The lowest BCUT2D eigenvalue weighted by molar-refractivity contribution is -0.162. The summed E-state index contributed by atoms with van der Waals surface area (Å²) in [6, 6.07) is -1.05. The van der Waals surface area contributed by atoms with Gasteiger partial charge in [0.1, 0.15) is 12.6 Å².